The van der Waals surface area contributed by atoms with Gasteiger partial charge in [0.1, 0.15) is 0 Å². The van der Waals surface area contributed by atoms with Crippen molar-refractivity contribution < 1.29 is 36.7 Å². The molecule has 0 aliphatic carbocycles. The summed E-state index contributed by atoms with van der Waals surface area (Å²) in [4.78, 5) is 12.4. The Balaban J connectivity index is 0. The third kappa shape index (κ3) is 7.59. The van der Waals surface area contributed by atoms with E-state index in [0.29, 0.717) is 0 Å². The molecule has 0 aromatic rings. The second kappa shape index (κ2) is 7.59. The van der Waals surface area contributed by atoms with Crippen molar-refractivity contribution in [3.8, 4) is 0 Å². The topological polar surface area (TPSA) is 62.7 Å². The minimum atomic E-state index is -0.755. The molecule has 0 saturated carbocycles. The van der Waals surface area contributed by atoms with E-state index in [1.165, 1.54) is 0 Å². The molecule has 0 radical (unpaired) electrons. The summed E-state index contributed by atoms with van der Waals surface area (Å²) >= 11 is 0. The van der Waals surface area contributed by atoms with Crippen LogP contribution < -0.4 is 0 Å². The molecule has 0 atom stereocenters. The molecule has 0 amide bonds. The van der Waals surface area contributed by atoms with E-state index in [-0.39, 0.29) is 29.0 Å². The average molecular weight is 221 g/mol. The molecule has 0 fully saturated rings. The first-order valence-corrected chi connectivity index (χ1v) is 2.08. The zero-order chi connectivity index (χ0) is 6.41. The molecule has 0 aromatic carbocycles. The van der Waals surface area contributed by atoms with Crippen LogP contribution in [0.1, 0.15) is 6.92 Å². The molecule has 0 bridgehead atoms. The van der Waals surface area contributed by atoms with Crippen molar-refractivity contribution in [2.75, 3.05) is 6.61 Å². The van der Waals surface area contributed by atoms with Crippen LogP contribution in [0, 0.1) is 0 Å². The van der Waals surface area contributed by atoms with Gasteiger partial charge in [0.2, 0.25) is 5.97 Å². The molecule has 5 heteroatoms. The zero-order valence-electron chi connectivity index (χ0n) is 4.72. The molecule has 0 N–H and O–H groups in total. The predicted molar refractivity (Wildman–Crippen MR) is 25.3 cm³/mol. The smallest absolute Gasteiger partial charge is 0.485 e. The van der Waals surface area contributed by atoms with Crippen molar-refractivity contribution in [2.45, 2.75) is 6.92 Å². The van der Waals surface area contributed by atoms with Crippen molar-refractivity contribution in [3.05, 3.63) is 5.53 Å². The van der Waals surface area contributed by atoms with E-state index in [1.54, 1.807) is 13.1 Å². The van der Waals surface area contributed by atoms with Crippen LogP contribution in [-0.4, -0.2) is 23.6 Å². The number of hydrogen-bond acceptors (Lipinski definition) is 2. The summed E-state index contributed by atoms with van der Waals surface area (Å²) in [5.74, 6) is -0.755. The van der Waals surface area contributed by atoms with Crippen LogP contribution >= 0.6 is 0 Å². The SMILES string of the molecule is CCOC(=O)[C-]=[N+]=[N-].[Ag+]. The van der Waals surface area contributed by atoms with Crippen LogP contribution in [0.25, 0.3) is 5.53 Å². The molecule has 0 aromatic heterocycles. The van der Waals surface area contributed by atoms with Crippen molar-refractivity contribution in [3.63, 3.8) is 0 Å². The fraction of sp³-hybridized carbons (Fsp3) is 0.500. The first kappa shape index (κ1) is 11.4. The van der Waals surface area contributed by atoms with Crippen molar-refractivity contribution >= 4 is 12.2 Å². The fourth-order valence-electron chi connectivity index (χ4n) is 0.204. The fourth-order valence-corrected chi connectivity index (χ4v) is 0.204. The quantitative estimate of drug-likeness (QED) is 0.161. The summed E-state index contributed by atoms with van der Waals surface area (Å²) in [7, 11) is 0. The Bertz CT molecular complexity index is 131. The summed E-state index contributed by atoms with van der Waals surface area (Å²) in [5.41, 5.74) is 7.68. The molecule has 0 unspecified atom stereocenters. The summed E-state index contributed by atoms with van der Waals surface area (Å²) < 4.78 is 4.28. The maximum Gasteiger partial charge on any atom is 1.00 e. The predicted octanol–water partition coefficient (Wildman–Crippen LogP) is -0.275. The monoisotopic (exact) mass is 220 g/mol. The number of nitrogens with zero attached hydrogens (tertiary/aromatic N) is 2. The van der Waals surface area contributed by atoms with Crippen LogP contribution in [0.2, 0.25) is 0 Å². The number of hydrogen-bond donors (Lipinski definition) is 0. The Labute approximate surface area is 68.3 Å². The zero-order valence-corrected chi connectivity index (χ0v) is 6.20. The van der Waals surface area contributed by atoms with Gasteiger partial charge in [0.25, 0.3) is 0 Å². The Hall–Kier alpha value is -0.410. The van der Waals surface area contributed by atoms with E-state index in [9.17, 15) is 4.79 Å². The standard InChI is InChI=1S/C4H5N2O2.Ag/c1-2-8-4(7)3-6-5;/h2H2,1H3;/q-1;+1. The second-order valence-electron chi connectivity index (χ2n) is 0.932. The van der Waals surface area contributed by atoms with Crippen LogP contribution in [0.3, 0.4) is 0 Å². The first-order chi connectivity index (χ1) is 3.81. The minimum absolute atomic E-state index is 0. The van der Waals surface area contributed by atoms with E-state index < -0.39 is 5.97 Å². The molecule has 0 aliphatic rings. The molecule has 0 aliphatic heterocycles. The molecule has 9 heavy (non-hydrogen) atoms. The van der Waals surface area contributed by atoms with Gasteiger partial charge < -0.3 is 15.1 Å². The van der Waals surface area contributed by atoms with E-state index >= 15 is 0 Å². The van der Waals surface area contributed by atoms with Gasteiger partial charge in [0, 0.05) is 0 Å². The van der Waals surface area contributed by atoms with Gasteiger partial charge in [0.15, 0.2) is 0 Å². The average Bonchev–Trinajstić information content (AvgIpc) is 1.68. The number of carbonyl (C=O) groups is 1. The molecule has 0 rings (SSSR count). The molecular weight excluding hydrogens is 216 g/mol. The van der Waals surface area contributed by atoms with E-state index in [2.05, 4.69) is 9.53 Å². The Kier molecular flexibility index (Phi) is 9.61. The Morgan fingerprint density at radius 2 is 2.44 bits per heavy atom. The Morgan fingerprint density at radius 3 is 2.78 bits per heavy atom. The molecule has 0 heterocycles. The third-order valence-corrected chi connectivity index (χ3v) is 0.417. The summed E-state index contributed by atoms with van der Waals surface area (Å²) in [6.07, 6.45) is 1.67. The largest absolute Gasteiger partial charge is 1.00 e. The van der Waals surface area contributed by atoms with Crippen molar-refractivity contribution in [2.24, 2.45) is 0 Å². The maximum absolute atomic E-state index is 10.1. The van der Waals surface area contributed by atoms with Gasteiger partial charge in [-0.1, -0.05) is 0 Å². The molecule has 0 spiro atoms. The van der Waals surface area contributed by atoms with Crippen LogP contribution in [0.15, 0.2) is 0 Å². The summed E-state index contributed by atoms with van der Waals surface area (Å²) in [6, 6.07) is 0. The first-order valence-electron chi connectivity index (χ1n) is 2.08. The number of carbonyl (C=O) groups excluding carboxylic acids is 1. The maximum atomic E-state index is 10.1. The minimum Gasteiger partial charge on any atom is -0.485 e. The van der Waals surface area contributed by atoms with E-state index in [4.69, 9.17) is 5.53 Å². The normalized spacial score (nSPS) is 6.33. The van der Waals surface area contributed by atoms with Gasteiger partial charge in [0.05, 0.1) is 12.8 Å². The Morgan fingerprint density at radius 1 is 1.89 bits per heavy atom. The van der Waals surface area contributed by atoms with Gasteiger partial charge in [-0.15, -0.1) is 0 Å². The third-order valence-electron chi connectivity index (χ3n) is 0.417. The molecule has 0 saturated heterocycles. The second-order valence-corrected chi connectivity index (χ2v) is 0.932. The molecular formula is C4H5AgN2O2. The van der Waals surface area contributed by atoms with Gasteiger partial charge in [-0.3, -0.25) is 4.79 Å². The van der Waals surface area contributed by atoms with Gasteiger partial charge in [-0.2, -0.15) is 0 Å². The summed E-state index contributed by atoms with van der Waals surface area (Å²) in [6.45, 7) is 1.91. The van der Waals surface area contributed by atoms with Crippen LogP contribution in [0.5, 0.6) is 0 Å². The molecule has 4 nitrogen and oxygen atoms in total. The van der Waals surface area contributed by atoms with Crippen LogP contribution in [0.4, 0.5) is 0 Å². The van der Waals surface area contributed by atoms with Gasteiger partial charge in [-0.05, 0) is 6.92 Å². The summed E-state index contributed by atoms with van der Waals surface area (Å²) in [5, 5.41) is 0. The van der Waals surface area contributed by atoms with E-state index in [0.717, 1.165) is 0 Å². The molecule has 54 valence electrons. The van der Waals surface area contributed by atoms with Gasteiger partial charge in [-0.25, -0.2) is 0 Å². The van der Waals surface area contributed by atoms with Crippen LogP contribution in [-0.2, 0) is 31.9 Å². The number of esters is 1. The number of rotatable bonds is 2. The van der Waals surface area contributed by atoms with Crippen molar-refractivity contribution in [1.29, 1.82) is 0 Å². The van der Waals surface area contributed by atoms with Gasteiger partial charge >= 0.3 is 22.4 Å². The van der Waals surface area contributed by atoms with E-state index in [1.807, 2.05) is 0 Å². The van der Waals surface area contributed by atoms with Crippen molar-refractivity contribution in [1.82, 2.24) is 0 Å². The number of ether oxygens (including phenoxy) is 1.